The van der Waals surface area contributed by atoms with Gasteiger partial charge in [-0.05, 0) is 7.05 Å². The van der Waals surface area contributed by atoms with Gasteiger partial charge in [-0.2, -0.15) is 5.10 Å². The number of aryl methyl sites for hydroxylation is 1. The van der Waals surface area contributed by atoms with E-state index in [-0.39, 0.29) is 0 Å². The van der Waals surface area contributed by atoms with Gasteiger partial charge in [0.25, 0.3) is 0 Å². The first-order chi connectivity index (χ1) is 5.65. The minimum Gasteiger partial charge on any atom is -0.313 e. The molecule has 1 heterocycles. The van der Waals surface area contributed by atoms with Crippen molar-refractivity contribution >= 4 is 0 Å². The number of nitrogens with one attached hydrogen (secondary N) is 1. The molecule has 12 heavy (non-hydrogen) atoms. The van der Waals surface area contributed by atoms with E-state index < -0.39 is 0 Å². The number of hydrogen-bond acceptors (Lipinski definition) is 3. The summed E-state index contributed by atoms with van der Waals surface area (Å²) < 4.78 is 1.84. The number of hydrogen-bond donors (Lipinski definition) is 1. The summed E-state index contributed by atoms with van der Waals surface area (Å²) in [7, 11) is 3.83. The first-order valence-electron chi connectivity index (χ1n) is 4.19. The molecule has 0 atom stereocenters. The van der Waals surface area contributed by atoms with Crippen molar-refractivity contribution in [3.63, 3.8) is 0 Å². The van der Waals surface area contributed by atoms with Crippen LogP contribution in [0.15, 0.2) is 0 Å². The minimum absolute atomic E-state index is 0.438. The molecule has 0 spiro atoms. The smallest absolute Gasteiger partial charge is 0.164 e. The predicted octanol–water partition coefficient (Wildman–Crippen LogP) is 0.658. The average Bonchev–Trinajstić information content (AvgIpc) is 2.32. The van der Waals surface area contributed by atoms with E-state index in [0.717, 1.165) is 18.2 Å². The van der Waals surface area contributed by atoms with E-state index in [0.29, 0.717) is 5.92 Å². The molecule has 0 aliphatic heterocycles. The van der Waals surface area contributed by atoms with Crippen LogP contribution in [0.1, 0.15) is 31.4 Å². The zero-order valence-corrected chi connectivity index (χ0v) is 8.13. The highest BCUT2D eigenvalue weighted by Crippen LogP contribution is 2.09. The van der Waals surface area contributed by atoms with Gasteiger partial charge in [-0.3, -0.25) is 4.68 Å². The Morgan fingerprint density at radius 3 is 2.58 bits per heavy atom. The molecule has 0 radical (unpaired) electrons. The van der Waals surface area contributed by atoms with Gasteiger partial charge < -0.3 is 5.32 Å². The summed E-state index contributed by atoms with van der Waals surface area (Å²) in [6, 6.07) is 0. The Kier molecular flexibility index (Phi) is 2.81. The summed E-state index contributed by atoms with van der Waals surface area (Å²) in [6.45, 7) is 4.97. The minimum atomic E-state index is 0.438. The second kappa shape index (κ2) is 3.67. The van der Waals surface area contributed by atoms with Gasteiger partial charge in [0.05, 0.1) is 6.54 Å². The largest absolute Gasteiger partial charge is 0.313 e. The summed E-state index contributed by atoms with van der Waals surface area (Å²) in [5, 5.41) is 7.29. The summed E-state index contributed by atoms with van der Waals surface area (Å²) >= 11 is 0. The molecular weight excluding hydrogens is 152 g/mol. The van der Waals surface area contributed by atoms with Crippen LogP contribution in [0.3, 0.4) is 0 Å². The molecule has 0 saturated carbocycles. The van der Waals surface area contributed by atoms with Gasteiger partial charge in [0.2, 0.25) is 0 Å². The van der Waals surface area contributed by atoms with Gasteiger partial charge in [-0.1, -0.05) is 13.8 Å². The van der Waals surface area contributed by atoms with E-state index in [9.17, 15) is 0 Å². The van der Waals surface area contributed by atoms with Crippen molar-refractivity contribution in [2.24, 2.45) is 7.05 Å². The van der Waals surface area contributed by atoms with E-state index >= 15 is 0 Å². The molecule has 1 rings (SSSR count). The predicted molar refractivity (Wildman–Crippen MR) is 47.9 cm³/mol. The van der Waals surface area contributed by atoms with Gasteiger partial charge in [0.15, 0.2) is 5.82 Å². The average molecular weight is 168 g/mol. The first-order valence-corrected chi connectivity index (χ1v) is 4.19. The van der Waals surface area contributed by atoms with Gasteiger partial charge in [0.1, 0.15) is 5.82 Å². The van der Waals surface area contributed by atoms with Crippen molar-refractivity contribution in [3.05, 3.63) is 11.6 Å². The Morgan fingerprint density at radius 2 is 2.17 bits per heavy atom. The van der Waals surface area contributed by atoms with E-state index in [2.05, 4.69) is 29.2 Å². The Bertz CT molecular complexity index is 252. The molecule has 4 nitrogen and oxygen atoms in total. The second-order valence-electron chi connectivity index (χ2n) is 3.19. The van der Waals surface area contributed by atoms with E-state index in [1.807, 2.05) is 18.8 Å². The Morgan fingerprint density at radius 1 is 1.50 bits per heavy atom. The van der Waals surface area contributed by atoms with Crippen LogP contribution >= 0.6 is 0 Å². The van der Waals surface area contributed by atoms with Crippen molar-refractivity contribution in [1.82, 2.24) is 20.1 Å². The zero-order valence-electron chi connectivity index (χ0n) is 8.13. The van der Waals surface area contributed by atoms with Crippen molar-refractivity contribution in [2.75, 3.05) is 7.05 Å². The second-order valence-corrected chi connectivity index (χ2v) is 3.19. The van der Waals surface area contributed by atoms with Crippen molar-refractivity contribution in [3.8, 4) is 0 Å². The number of nitrogens with zero attached hydrogens (tertiary/aromatic N) is 3. The maximum absolute atomic E-state index is 4.39. The van der Waals surface area contributed by atoms with E-state index in [1.165, 1.54) is 0 Å². The molecule has 1 aromatic heterocycles. The molecule has 0 bridgehead atoms. The third-order valence-electron chi connectivity index (χ3n) is 1.69. The molecule has 0 fully saturated rings. The van der Waals surface area contributed by atoms with Crippen LogP contribution in [-0.4, -0.2) is 21.8 Å². The lowest BCUT2D eigenvalue weighted by atomic mass is 10.2. The molecule has 4 heteroatoms. The molecule has 0 unspecified atom stereocenters. The van der Waals surface area contributed by atoms with Gasteiger partial charge >= 0.3 is 0 Å². The normalized spacial score (nSPS) is 11.1. The van der Waals surface area contributed by atoms with Crippen molar-refractivity contribution in [2.45, 2.75) is 26.3 Å². The SMILES string of the molecule is CNCc1nc(C(C)C)n(C)n1. The monoisotopic (exact) mass is 168 g/mol. The molecule has 1 N–H and O–H groups in total. The summed E-state index contributed by atoms with van der Waals surface area (Å²) in [5.41, 5.74) is 0. The van der Waals surface area contributed by atoms with Crippen LogP contribution in [0.25, 0.3) is 0 Å². The highest BCUT2D eigenvalue weighted by Gasteiger charge is 2.08. The molecular formula is C8H16N4. The number of aromatic nitrogens is 3. The standard InChI is InChI=1S/C8H16N4/c1-6(2)8-10-7(5-9-3)11-12(8)4/h6,9H,5H2,1-4H3. The number of rotatable bonds is 3. The maximum atomic E-state index is 4.39. The molecule has 1 aromatic rings. The molecule has 0 amide bonds. The van der Waals surface area contributed by atoms with E-state index in [1.54, 1.807) is 0 Å². The van der Waals surface area contributed by atoms with Gasteiger partial charge in [0, 0.05) is 13.0 Å². The van der Waals surface area contributed by atoms with Gasteiger partial charge in [-0.25, -0.2) is 4.98 Å². The first kappa shape index (κ1) is 9.19. The van der Waals surface area contributed by atoms with Crippen LogP contribution < -0.4 is 5.32 Å². The van der Waals surface area contributed by atoms with Crippen LogP contribution in [0.2, 0.25) is 0 Å². The quantitative estimate of drug-likeness (QED) is 0.721. The van der Waals surface area contributed by atoms with Crippen LogP contribution in [0.5, 0.6) is 0 Å². The fraction of sp³-hybridized carbons (Fsp3) is 0.750. The topological polar surface area (TPSA) is 42.7 Å². The third-order valence-corrected chi connectivity index (χ3v) is 1.69. The zero-order chi connectivity index (χ0) is 9.14. The van der Waals surface area contributed by atoms with Crippen molar-refractivity contribution in [1.29, 1.82) is 0 Å². The third kappa shape index (κ3) is 1.82. The summed E-state index contributed by atoms with van der Waals surface area (Å²) in [6.07, 6.45) is 0. The molecule has 0 aliphatic carbocycles. The summed E-state index contributed by atoms with van der Waals surface area (Å²) in [4.78, 5) is 4.39. The van der Waals surface area contributed by atoms with Crippen molar-refractivity contribution < 1.29 is 0 Å². The lowest BCUT2D eigenvalue weighted by molar-refractivity contribution is 0.649. The lowest BCUT2D eigenvalue weighted by Gasteiger charge is -2.00. The molecule has 68 valence electrons. The Hall–Kier alpha value is -0.900. The molecule has 0 aliphatic rings. The van der Waals surface area contributed by atoms with E-state index in [4.69, 9.17) is 0 Å². The Labute approximate surface area is 73.0 Å². The summed E-state index contributed by atoms with van der Waals surface area (Å²) in [5.74, 6) is 2.34. The van der Waals surface area contributed by atoms with Crippen LogP contribution in [0.4, 0.5) is 0 Å². The lowest BCUT2D eigenvalue weighted by Crippen LogP contribution is -2.06. The molecule has 0 saturated heterocycles. The fourth-order valence-corrected chi connectivity index (χ4v) is 1.19. The highest BCUT2D eigenvalue weighted by molar-refractivity contribution is 4.96. The fourth-order valence-electron chi connectivity index (χ4n) is 1.19. The maximum Gasteiger partial charge on any atom is 0.164 e. The van der Waals surface area contributed by atoms with Crippen LogP contribution in [-0.2, 0) is 13.6 Å². The van der Waals surface area contributed by atoms with Gasteiger partial charge in [-0.15, -0.1) is 0 Å². The highest BCUT2D eigenvalue weighted by atomic mass is 15.3. The molecule has 0 aromatic carbocycles. The Balaban J connectivity index is 2.85. The van der Waals surface area contributed by atoms with Crippen LogP contribution in [0, 0.1) is 0 Å².